The number of hydrogen-bond donors (Lipinski definition) is 2. The molecule has 0 aliphatic heterocycles. The fraction of sp³-hybridized carbons (Fsp3) is 0.591. The van der Waals surface area contributed by atoms with Gasteiger partial charge in [-0.2, -0.15) is 0 Å². The minimum absolute atomic E-state index is 0.432. The minimum Gasteiger partial charge on any atom is -0.383 e. The number of aromatic nitrogens is 2. The Morgan fingerprint density at radius 1 is 1.27 bits per heavy atom. The maximum Gasteiger partial charge on any atom is 0.183 e. The van der Waals surface area contributed by atoms with E-state index >= 15 is 0 Å². The van der Waals surface area contributed by atoms with E-state index in [1.54, 1.807) is 24.6 Å². The minimum atomic E-state index is 0.432. The Hall–Kier alpha value is -1.70. The van der Waals surface area contributed by atoms with Gasteiger partial charge in [0.05, 0.1) is 23.9 Å². The van der Waals surface area contributed by atoms with Crippen molar-refractivity contribution in [3.8, 4) is 11.3 Å². The number of nitrogens with one attached hydrogen (secondary N) is 2. The Labute approximate surface area is 187 Å². The van der Waals surface area contributed by atoms with E-state index in [4.69, 9.17) is 21.3 Å². The van der Waals surface area contributed by atoms with Gasteiger partial charge in [0.25, 0.3) is 0 Å². The number of ether oxygens (including phenoxy) is 1. The first-order valence-electron chi connectivity index (χ1n) is 10.8. The third-order valence-electron chi connectivity index (χ3n) is 5.74. The highest BCUT2D eigenvalue weighted by Gasteiger charge is 2.22. The van der Waals surface area contributed by atoms with Gasteiger partial charge in [-0.15, -0.1) is 11.3 Å². The number of methoxy groups -OCH3 is 1. The second-order valence-electron chi connectivity index (χ2n) is 8.22. The van der Waals surface area contributed by atoms with Gasteiger partial charge < -0.3 is 15.4 Å². The molecule has 2 aliphatic carbocycles. The monoisotopic (exact) mass is 447 g/mol. The third kappa shape index (κ3) is 6.15. The van der Waals surface area contributed by atoms with Crippen LogP contribution in [0.5, 0.6) is 0 Å². The summed E-state index contributed by atoms with van der Waals surface area (Å²) in [5.41, 5.74) is 1.84. The molecular formula is C22H30ClN5OS. The van der Waals surface area contributed by atoms with Gasteiger partial charge in [0.15, 0.2) is 5.13 Å². The molecular weight excluding hydrogens is 418 g/mol. The number of hydrogen-bond acceptors (Lipinski definition) is 7. The summed E-state index contributed by atoms with van der Waals surface area (Å²) in [6.45, 7) is 2.46. The highest BCUT2D eigenvalue weighted by Crippen LogP contribution is 2.34. The Balaban J connectivity index is 1.32. The maximum atomic E-state index is 6.44. The summed E-state index contributed by atoms with van der Waals surface area (Å²) in [6, 6.07) is 2.46. The van der Waals surface area contributed by atoms with E-state index in [0.29, 0.717) is 23.6 Å². The molecule has 2 N–H and O–H groups in total. The van der Waals surface area contributed by atoms with E-state index in [2.05, 4.69) is 32.2 Å². The van der Waals surface area contributed by atoms with Gasteiger partial charge in [0.2, 0.25) is 0 Å². The number of nitrogens with zero attached hydrogens (tertiary/aromatic N) is 3. The molecule has 2 aromatic heterocycles. The van der Waals surface area contributed by atoms with Crippen molar-refractivity contribution in [1.29, 1.82) is 0 Å². The van der Waals surface area contributed by atoms with Crippen LogP contribution in [0.4, 0.5) is 10.9 Å². The molecule has 0 bridgehead atoms. The van der Waals surface area contributed by atoms with Gasteiger partial charge in [-0.25, -0.2) is 9.97 Å². The zero-order valence-electron chi connectivity index (χ0n) is 17.4. The fourth-order valence-electron chi connectivity index (χ4n) is 3.74. The Kier molecular flexibility index (Phi) is 7.57. The number of anilines is 2. The summed E-state index contributed by atoms with van der Waals surface area (Å²) >= 11 is 8.07. The van der Waals surface area contributed by atoms with Crippen LogP contribution in [0.15, 0.2) is 22.6 Å². The van der Waals surface area contributed by atoms with Crippen molar-refractivity contribution < 1.29 is 4.74 Å². The molecule has 2 saturated carbocycles. The van der Waals surface area contributed by atoms with Crippen LogP contribution in [0.3, 0.4) is 0 Å². The van der Waals surface area contributed by atoms with Crippen molar-refractivity contribution in [2.45, 2.75) is 44.6 Å². The van der Waals surface area contributed by atoms with Crippen molar-refractivity contribution in [3.05, 3.63) is 22.7 Å². The van der Waals surface area contributed by atoms with Gasteiger partial charge in [0, 0.05) is 43.1 Å². The van der Waals surface area contributed by atoms with Crippen molar-refractivity contribution in [2.75, 3.05) is 37.4 Å². The number of halogens is 1. The average Bonchev–Trinajstić information content (AvgIpc) is 3.48. The molecule has 0 saturated heterocycles. The summed E-state index contributed by atoms with van der Waals surface area (Å²) in [5.74, 6) is 2.27. The van der Waals surface area contributed by atoms with E-state index in [1.807, 2.05) is 6.07 Å². The first-order valence-corrected chi connectivity index (χ1v) is 12.1. The Morgan fingerprint density at radius 3 is 2.87 bits per heavy atom. The molecule has 0 radical (unpaired) electrons. The summed E-state index contributed by atoms with van der Waals surface area (Å²) in [4.78, 5) is 13.7. The molecule has 0 amide bonds. The van der Waals surface area contributed by atoms with E-state index in [1.165, 1.54) is 12.8 Å². The zero-order chi connectivity index (χ0) is 20.8. The highest BCUT2D eigenvalue weighted by atomic mass is 35.5. The van der Waals surface area contributed by atoms with E-state index in [-0.39, 0.29) is 0 Å². The smallest absolute Gasteiger partial charge is 0.183 e. The molecule has 8 heteroatoms. The molecule has 0 aromatic carbocycles. The van der Waals surface area contributed by atoms with Crippen molar-refractivity contribution in [1.82, 2.24) is 9.97 Å². The molecule has 6 nitrogen and oxygen atoms in total. The predicted molar refractivity (Wildman–Crippen MR) is 126 cm³/mol. The van der Waals surface area contributed by atoms with Crippen LogP contribution in [0.1, 0.15) is 38.5 Å². The molecule has 4 rings (SSSR count). The number of thiazole rings is 1. The van der Waals surface area contributed by atoms with E-state index in [0.717, 1.165) is 66.9 Å². The first kappa shape index (κ1) is 21.5. The standard InChI is InChI=1S/C22H30ClN5OS/c1-29-9-8-24-11-15-4-6-17(7-5-15)27-21-10-18(19(23)13-25-21)20-14-30-22(28-20)26-12-16-2-3-16/h10-11,13-17H,2-9,12H2,1H3,(H,25,27)(H,26,28)/b24-11+. The van der Waals surface area contributed by atoms with Crippen molar-refractivity contribution in [2.24, 2.45) is 16.8 Å². The van der Waals surface area contributed by atoms with Gasteiger partial charge >= 0.3 is 0 Å². The number of aliphatic imine (C=N–C) groups is 1. The summed E-state index contributed by atoms with van der Waals surface area (Å²) in [7, 11) is 1.71. The summed E-state index contributed by atoms with van der Waals surface area (Å²) < 4.78 is 5.04. The second kappa shape index (κ2) is 10.6. The topological polar surface area (TPSA) is 71.4 Å². The molecule has 162 valence electrons. The lowest BCUT2D eigenvalue weighted by atomic mass is 9.87. The average molecular weight is 448 g/mol. The van der Waals surface area contributed by atoms with Crippen LogP contribution in [0, 0.1) is 11.8 Å². The SMILES string of the molecule is COCC/N=C/C1CCC(Nc2cc(-c3csc(NCC4CC4)n3)c(Cl)cn2)CC1. The predicted octanol–water partition coefficient (Wildman–Crippen LogP) is 5.37. The lowest BCUT2D eigenvalue weighted by molar-refractivity contribution is 0.208. The number of rotatable bonds is 10. The fourth-order valence-corrected chi connectivity index (χ4v) is 4.66. The Morgan fingerprint density at radius 2 is 2.10 bits per heavy atom. The van der Waals surface area contributed by atoms with Crippen LogP contribution in [-0.4, -0.2) is 49.0 Å². The quantitative estimate of drug-likeness (QED) is 0.378. The van der Waals surface area contributed by atoms with Gasteiger partial charge in [0.1, 0.15) is 5.82 Å². The van der Waals surface area contributed by atoms with Gasteiger partial charge in [-0.3, -0.25) is 4.99 Å². The second-order valence-corrected chi connectivity index (χ2v) is 9.48. The third-order valence-corrected chi connectivity index (χ3v) is 6.84. The van der Waals surface area contributed by atoms with Gasteiger partial charge in [-0.05, 0) is 56.4 Å². The zero-order valence-corrected chi connectivity index (χ0v) is 19.0. The molecule has 2 fully saturated rings. The van der Waals surface area contributed by atoms with Crippen LogP contribution in [0.25, 0.3) is 11.3 Å². The van der Waals surface area contributed by atoms with Crippen molar-refractivity contribution in [3.63, 3.8) is 0 Å². The molecule has 2 aliphatic rings. The molecule has 0 atom stereocenters. The van der Waals surface area contributed by atoms with E-state index in [9.17, 15) is 0 Å². The highest BCUT2D eigenvalue weighted by molar-refractivity contribution is 7.14. The largest absolute Gasteiger partial charge is 0.383 e. The molecule has 2 aromatic rings. The van der Waals surface area contributed by atoms with Crippen molar-refractivity contribution >= 4 is 40.1 Å². The molecule has 0 spiro atoms. The molecule has 2 heterocycles. The van der Waals surface area contributed by atoms with Crippen LogP contribution >= 0.6 is 22.9 Å². The van der Waals surface area contributed by atoms with Crippen LogP contribution in [0.2, 0.25) is 5.02 Å². The van der Waals surface area contributed by atoms with Crippen LogP contribution < -0.4 is 10.6 Å². The number of pyridine rings is 1. The lowest BCUT2D eigenvalue weighted by Crippen LogP contribution is -2.27. The summed E-state index contributed by atoms with van der Waals surface area (Å²) in [6.07, 6.45) is 11.0. The first-order chi connectivity index (χ1) is 14.7. The Bertz CT molecular complexity index is 846. The van der Waals surface area contributed by atoms with Crippen LogP contribution in [-0.2, 0) is 4.74 Å². The normalized spacial score (nSPS) is 21.8. The molecule has 30 heavy (non-hydrogen) atoms. The van der Waals surface area contributed by atoms with E-state index < -0.39 is 0 Å². The molecule has 0 unspecified atom stereocenters. The summed E-state index contributed by atoms with van der Waals surface area (Å²) in [5, 5.41) is 10.7. The maximum absolute atomic E-state index is 6.44. The van der Waals surface area contributed by atoms with Gasteiger partial charge in [-0.1, -0.05) is 11.6 Å². The lowest BCUT2D eigenvalue weighted by Gasteiger charge is -2.27.